The summed E-state index contributed by atoms with van der Waals surface area (Å²) >= 11 is 1.93. The molecule has 0 aliphatic heterocycles. The van der Waals surface area contributed by atoms with Crippen molar-refractivity contribution in [3.8, 4) is 0 Å². The fourth-order valence-electron chi connectivity index (χ4n) is 1.22. The van der Waals surface area contributed by atoms with Crippen LogP contribution in [0.2, 0.25) is 0 Å². The summed E-state index contributed by atoms with van der Waals surface area (Å²) in [5, 5.41) is 3.32. The van der Waals surface area contributed by atoms with Crippen LogP contribution >= 0.6 is 11.3 Å². The van der Waals surface area contributed by atoms with Gasteiger partial charge in [0.1, 0.15) is 0 Å². The number of hydrogen-bond acceptors (Lipinski definition) is 2. The van der Waals surface area contributed by atoms with Crippen LogP contribution in [-0.4, -0.2) is 7.05 Å². The van der Waals surface area contributed by atoms with Crippen molar-refractivity contribution in [3.05, 3.63) is 21.9 Å². The molecule has 1 N–H and O–H groups in total. The van der Waals surface area contributed by atoms with Gasteiger partial charge in [0.25, 0.3) is 0 Å². The van der Waals surface area contributed by atoms with E-state index in [0.717, 1.165) is 0 Å². The first-order chi connectivity index (χ1) is 6.10. The third-order valence-corrected chi connectivity index (χ3v) is 3.87. The van der Waals surface area contributed by atoms with Crippen molar-refractivity contribution in [3.63, 3.8) is 0 Å². The zero-order valence-electron chi connectivity index (χ0n) is 8.98. The van der Waals surface area contributed by atoms with Crippen molar-refractivity contribution in [1.82, 2.24) is 5.32 Å². The lowest BCUT2D eigenvalue weighted by Gasteiger charge is -2.22. The van der Waals surface area contributed by atoms with E-state index in [0.29, 0.717) is 0 Å². The highest BCUT2D eigenvalue weighted by molar-refractivity contribution is 7.12. The molecule has 1 rings (SSSR count). The molecule has 0 aliphatic rings. The highest BCUT2D eigenvalue weighted by Crippen LogP contribution is 2.28. The molecule has 0 aliphatic carbocycles. The summed E-state index contributed by atoms with van der Waals surface area (Å²) in [6.07, 6.45) is 2.45. The Labute approximate surface area is 85.2 Å². The molecule has 0 amide bonds. The maximum atomic E-state index is 3.32. The minimum absolute atomic E-state index is 0.122. The fourth-order valence-corrected chi connectivity index (χ4v) is 2.44. The van der Waals surface area contributed by atoms with E-state index in [1.807, 2.05) is 18.4 Å². The normalized spacial score (nSPS) is 12.0. The van der Waals surface area contributed by atoms with Gasteiger partial charge in [-0.3, -0.25) is 0 Å². The second-order valence-electron chi connectivity index (χ2n) is 3.89. The molecule has 1 aromatic heterocycles. The molecule has 1 nitrogen and oxygen atoms in total. The van der Waals surface area contributed by atoms with Gasteiger partial charge in [-0.2, -0.15) is 0 Å². The Bertz CT molecular complexity index is 263. The lowest BCUT2D eigenvalue weighted by Crippen LogP contribution is -2.31. The zero-order chi connectivity index (χ0) is 9.90. The van der Waals surface area contributed by atoms with Crippen LogP contribution in [0.3, 0.4) is 0 Å². The van der Waals surface area contributed by atoms with Crippen LogP contribution in [-0.2, 0) is 12.0 Å². The van der Waals surface area contributed by atoms with Crippen molar-refractivity contribution in [2.45, 2.75) is 39.2 Å². The van der Waals surface area contributed by atoms with E-state index >= 15 is 0 Å². The van der Waals surface area contributed by atoms with E-state index in [2.05, 4.69) is 38.2 Å². The van der Waals surface area contributed by atoms with Crippen molar-refractivity contribution < 1.29 is 0 Å². The van der Waals surface area contributed by atoms with Gasteiger partial charge in [-0.1, -0.05) is 13.3 Å². The summed E-state index contributed by atoms with van der Waals surface area (Å²) in [6, 6.07) is 4.49. The largest absolute Gasteiger partial charge is 0.310 e. The van der Waals surface area contributed by atoms with Crippen LogP contribution in [0.5, 0.6) is 0 Å². The third-order valence-electron chi connectivity index (χ3n) is 2.40. The molecule has 0 bridgehead atoms. The Hall–Kier alpha value is -0.340. The lowest BCUT2D eigenvalue weighted by molar-refractivity contribution is 0.454. The topological polar surface area (TPSA) is 12.0 Å². The zero-order valence-corrected chi connectivity index (χ0v) is 9.79. The second-order valence-corrected chi connectivity index (χ2v) is 5.06. The van der Waals surface area contributed by atoms with Gasteiger partial charge in [-0.25, -0.2) is 0 Å². The molecular formula is C11H19NS. The van der Waals surface area contributed by atoms with Crippen molar-refractivity contribution >= 4 is 11.3 Å². The third kappa shape index (κ3) is 2.55. The molecule has 0 spiro atoms. The predicted molar refractivity (Wildman–Crippen MR) is 60.4 cm³/mol. The van der Waals surface area contributed by atoms with E-state index < -0.39 is 0 Å². The van der Waals surface area contributed by atoms with Crippen molar-refractivity contribution in [2.24, 2.45) is 0 Å². The summed E-state index contributed by atoms with van der Waals surface area (Å²) in [4.78, 5) is 2.93. The smallest absolute Gasteiger partial charge is 0.0469 e. The molecule has 0 aromatic carbocycles. The molecule has 13 heavy (non-hydrogen) atoms. The molecule has 0 atom stereocenters. The molecule has 0 fully saturated rings. The molecule has 0 saturated carbocycles. The summed E-state index contributed by atoms with van der Waals surface area (Å²) in [5.41, 5.74) is 0.122. The Morgan fingerprint density at radius 2 is 2.08 bits per heavy atom. The van der Waals surface area contributed by atoms with Gasteiger partial charge in [0.2, 0.25) is 0 Å². The molecule has 0 radical (unpaired) electrons. The van der Waals surface area contributed by atoms with Gasteiger partial charge in [-0.15, -0.1) is 11.3 Å². The summed E-state index contributed by atoms with van der Waals surface area (Å²) in [7, 11) is 2.01. The number of thiophene rings is 1. The monoisotopic (exact) mass is 197 g/mol. The Morgan fingerprint density at radius 1 is 1.38 bits per heavy atom. The molecule has 1 aromatic rings. The summed E-state index contributed by atoms with van der Waals surface area (Å²) in [5.74, 6) is 0. The maximum absolute atomic E-state index is 3.32. The number of rotatable bonds is 4. The highest BCUT2D eigenvalue weighted by Gasteiger charge is 2.19. The SMILES string of the molecule is CCCc1ccc(C(C)(C)NC)s1. The van der Waals surface area contributed by atoms with Crippen LogP contribution in [0.4, 0.5) is 0 Å². The highest BCUT2D eigenvalue weighted by atomic mass is 32.1. The van der Waals surface area contributed by atoms with Crippen LogP contribution < -0.4 is 5.32 Å². The van der Waals surface area contributed by atoms with E-state index in [4.69, 9.17) is 0 Å². The Morgan fingerprint density at radius 3 is 2.62 bits per heavy atom. The first kappa shape index (κ1) is 10.7. The van der Waals surface area contributed by atoms with Crippen LogP contribution in [0.1, 0.15) is 36.9 Å². The standard InChI is InChI=1S/C11H19NS/c1-5-6-9-7-8-10(13-9)11(2,3)12-4/h7-8,12H,5-6H2,1-4H3. The average molecular weight is 197 g/mol. The van der Waals surface area contributed by atoms with Gasteiger partial charge in [0, 0.05) is 15.3 Å². The van der Waals surface area contributed by atoms with E-state index in [1.165, 1.54) is 22.6 Å². The summed E-state index contributed by atoms with van der Waals surface area (Å²) in [6.45, 7) is 6.66. The van der Waals surface area contributed by atoms with Gasteiger partial charge >= 0.3 is 0 Å². The first-order valence-electron chi connectivity index (χ1n) is 4.88. The van der Waals surface area contributed by atoms with E-state index in [9.17, 15) is 0 Å². The van der Waals surface area contributed by atoms with Crippen molar-refractivity contribution in [1.29, 1.82) is 0 Å². The lowest BCUT2D eigenvalue weighted by atomic mass is 10.0. The van der Waals surface area contributed by atoms with E-state index in [-0.39, 0.29) is 5.54 Å². The first-order valence-corrected chi connectivity index (χ1v) is 5.70. The fraction of sp³-hybridized carbons (Fsp3) is 0.636. The maximum Gasteiger partial charge on any atom is 0.0469 e. The average Bonchev–Trinajstić information content (AvgIpc) is 2.54. The number of hydrogen-bond donors (Lipinski definition) is 1. The molecular weight excluding hydrogens is 178 g/mol. The Kier molecular flexibility index (Phi) is 3.51. The Balaban J connectivity index is 2.79. The minimum Gasteiger partial charge on any atom is -0.310 e. The number of aryl methyl sites for hydroxylation is 1. The van der Waals surface area contributed by atoms with Gasteiger partial charge in [-0.05, 0) is 39.4 Å². The van der Waals surface area contributed by atoms with Crippen molar-refractivity contribution in [2.75, 3.05) is 7.05 Å². The molecule has 74 valence electrons. The summed E-state index contributed by atoms with van der Waals surface area (Å²) < 4.78 is 0. The minimum atomic E-state index is 0.122. The van der Waals surface area contributed by atoms with Gasteiger partial charge in [0.15, 0.2) is 0 Å². The molecule has 0 unspecified atom stereocenters. The molecule has 1 heterocycles. The van der Waals surface area contributed by atoms with E-state index in [1.54, 1.807) is 0 Å². The number of nitrogens with one attached hydrogen (secondary N) is 1. The van der Waals surface area contributed by atoms with Gasteiger partial charge in [0.05, 0.1) is 0 Å². The van der Waals surface area contributed by atoms with Gasteiger partial charge < -0.3 is 5.32 Å². The second kappa shape index (κ2) is 4.25. The van der Waals surface area contributed by atoms with Crippen LogP contribution in [0.25, 0.3) is 0 Å². The molecule has 2 heteroatoms. The van der Waals surface area contributed by atoms with Crippen LogP contribution in [0, 0.1) is 0 Å². The molecule has 0 saturated heterocycles. The van der Waals surface area contributed by atoms with Crippen LogP contribution in [0.15, 0.2) is 12.1 Å². The predicted octanol–water partition coefficient (Wildman–Crippen LogP) is 3.16. The quantitative estimate of drug-likeness (QED) is 0.782.